The molecule has 0 bridgehead atoms. The summed E-state index contributed by atoms with van der Waals surface area (Å²) in [7, 11) is 0. The van der Waals surface area contributed by atoms with Crippen LogP contribution in [0, 0.1) is 0 Å². The van der Waals surface area contributed by atoms with Gasteiger partial charge in [0.05, 0.1) is 10.7 Å². The van der Waals surface area contributed by atoms with E-state index in [4.69, 9.17) is 33.8 Å². The second-order valence-corrected chi connectivity index (χ2v) is 4.37. The Labute approximate surface area is 115 Å². The van der Waals surface area contributed by atoms with Crippen LogP contribution >= 0.6 is 23.2 Å². The molecule has 1 aromatic heterocycles. The van der Waals surface area contributed by atoms with Crippen LogP contribution in [0.2, 0.25) is 10.0 Å². The molecule has 94 valence electrons. The van der Waals surface area contributed by atoms with Gasteiger partial charge in [0, 0.05) is 5.02 Å². The Kier molecular flexibility index (Phi) is 4.25. The highest BCUT2D eigenvalue weighted by Gasteiger charge is 2.03. The smallest absolute Gasteiger partial charge is 0.140 e. The zero-order valence-corrected chi connectivity index (χ0v) is 10.9. The number of anilines is 1. The largest absolute Gasteiger partial charge is 0.486 e. The number of pyridine rings is 1. The normalized spacial score (nSPS) is 10.2. The maximum Gasteiger partial charge on any atom is 0.140 e. The fourth-order valence-corrected chi connectivity index (χ4v) is 1.85. The second-order valence-electron chi connectivity index (χ2n) is 3.52. The Bertz CT molecular complexity index is 549. The maximum atomic E-state index is 5.99. The molecule has 0 aliphatic rings. The van der Waals surface area contributed by atoms with Crippen LogP contribution in [0.25, 0.3) is 0 Å². The van der Waals surface area contributed by atoms with Crippen molar-refractivity contribution in [2.75, 3.05) is 5.43 Å². The molecule has 0 atom stereocenters. The van der Waals surface area contributed by atoms with Gasteiger partial charge in [0.2, 0.25) is 0 Å². The van der Waals surface area contributed by atoms with E-state index in [1.807, 2.05) is 12.1 Å². The summed E-state index contributed by atoms with van der Waals surface area (Å²) in [6, 6.07) is 10.5. The van der Waals surface area contributed by atoms with Crippen LogP contribution in [0.4, 0.5) is 5.82 Å². The predicted octanol–water partition coefficient (Wildman–Crippen LogP) is 3.25. The number of aromatic nitrogens is 1. The molecule has 4 nitrogen and oxygen atoms in total. The minimum absolute atomic E-state index is 0.302. The number of hydrogen-bond donors (Lipinski definition) is 2. The summed E-state index contributed by atoms with van der Waals surface area (Å²) in [5.74, 6) is 6.42. The van der Waals surface area contributed by atoms with E-state index >= 15 is 0 Å². The molecule has 0 aliphatic heterocycles. The van der Waals surface area contributed by atoms with Gasteiger partial charge in [-0.1, -0.05) is 29.3 Å². The van der Waals surface area contributed by atoms with Gasteiger partial charge >= 0.3 is 0 Å². The third kappa shape index (κ3) is 3.26. The molecule has 0 spiro atoms. The molecule has 0 unspecified atom stereocenters. The molecule has 2 aromatic rings. The Hall–Kier alpha value is -1.49. The summed E-state index contributed by atoms with van der Waals surface area (Å²) < 4.78 is 5.56. The van der Waals surface area contributed by atoms with Gasteiger partial charge in [-0.15, -0.1) is 0 Å². The summed E-state index contributed by atoms with van der Waals surface area (Å²) in [6.07, 6.45) is 0. The van der Waals surface area contributed by atoms with E-state index in [1.165, 1.54) is 0 Å². The summed E-state index contributed by atoms with van der Waals surface area (Å²) in [5.41, 5.74) is 3.22. The second kappa shape index (κ2) is 5.91. The summed E-state index contributed by atoms with van der Waals surface area (Å²) in [4.78, 5) is 4.22. The number of halogens is 2. The topological polar surface area (TPSA) is 60.2 Å². The number of hydrazine groups is 1. The first-order valence-electron chi connectivity index (χ1n) is 5.19. The number of nitrogens with two attached hydrogens (primary N) is 1. The molecular weight excluding hydrogens is 273 g/mol. The molecule has 1 heterocycles. The first-order chi connectivity index (χ1) is 8.69. The number of nitrogens with one attached hydrogen (secondary N) is 1. The molecule has 0 fully saturated rings. The van der Waals surface area contributed by atoms with Crippen LogP contribution in [0.3, 0.4) is 0 Å². The first-order valence-corrected chi connectivity index (χ1v) is 5.95. The molecule has 18 heavy (non-hydrogen) atoms. The van der Waals surface area contributed by atoms with E-state index in [2.05, 4.69) is 10.4 Å². The van der Waals surface area contributed by atoms with Crippen LogP contribution in [0.1, 0.15) is 5.69 Å². The zero-order chi connectivity index (χ0) is 13.0. The zero-order valence-electron chi connectivity index (χ0n) is 9.36. The molecule has 3 N–H and O–H groups in total. The summed E-state index contributed by atoms with van der Waals surface area (Å²) >= 11 is 11.8. The molecule has 2 rings (SSSR count). The van der Waals surface area contributed by atoms with Crippen LogP contribution in [-0.2, 0) is 6.61 Å². The van der Waals surface area contributed by atoms with E-state index < -0.39 is 0 Å². The average Bonchev–Trinajstić information content (AvgIpc) is 2.38. The van der Waals surface area contributed by atoms with Gasteiger partial charge in [0.25, 0.3) is 0 Å². The van der Waals surface area contributed by atoms with Gasteiger partial charge in [0.15, 0.2) is 0 Å². The molecule has 0 aliphatic carbocycles. The molecule has 6 heteroatoms. The van der Waals surface area contributed by atoms with E-state index in [0.29, 0.717) is 28.2 Å². The number of nitrogen functional groups attached to an aromatic ring is 1. The van der Waals surface area contributed by atoms with Crippen molar-refractivity contribution >= 4 is 29.0 Å². The highest BCUT2D eigenvalue weighted by molar-refractivity contribution is 6.35. The summed E-state index contributed by atoms with van der Waals surface area (Å²) in [5, 5.41) is 1.04. The van der Waals surface area contributed by atoms with Crippen molar-refractivity contribution in [3.63, 3.8) is 0 Å². The lowest BCUT2D eigenvalue weighted by molar-refractivity contribution is 0.301. The Morgan fingerprint density at radius 1 is 1.22 bits per heavy atom. The fraction of sp³-hybridized carbons (Fsp3) is 0.0833. The number of ether oxygens (including phenoxy) is 1. The third-order valence-electron chi connectivity index (χ3n) is 2.22. The maximum absolute atomic E-state index is 5.99. The lowest BCUT2D eigenvalue weighted by Crippen LogP contribution is -2.09. The predicted molar refractivity (Wildman–Crippen MR) is 72.8 cm³/mol. The van der Waals surface area contributed by atoms with Crippen molar-refractivity contribution in [2.45, 2.75) is 6.61 Å². The number of nitrogens with zero attached hydrogens (tertiary/aromatic N) is 1. The minimum atomic E-state index is 0.302. The van der Waals surface area contributed by atoms with Crippen LogP contribution in [0.5, 0.6) is 5.75 Å². The van der Waals surface area contributed by atoms with Crippen molar-refractivity contribution in [3.05, 3.63) is 52.1 Å². The number of benzene rings is 1. The van der Waals surface area contributed by atoms with Crippen molar-refractivity contribution in [2.24, 2.45) is 5.84 Å². The first kappa shape index (κ1) is 13.0. The van der Waals surface area contributed by atoms with E-state index in [1.54, 1.807) is 24.3 Å². The lowest BCUT2D eigenvalue weighted by Gasteiger charge is -2.08. The van der Waals surface area contributed by atoms with Crippen molar-refractivity contribution in [1.82, 2.24) is 4.98 Å². The van der Waals surface area contributed by atoms with Crippen molar-refractivity contribution < 1.29 is 4.74 Å². The van der Waals surface area contributed by atoms with Crippen LogP contribution < -0.4 is 16.0 Å². The van der Waals surface area contributed by atoms with Gasteiger partial charge in [-0.3, -0.25) is 0 Å². The van der Waals surface area contributed by atoms with E-state index in [9.17, 15) is 0 Å². The SMILES string of the molecule is NNc1cccc(COc2ccc(Cl)cc2Cl)n1. The van der Waals surface area contributed by atoms with Crippen LogP contribution in [-0.4, -0.2) is 4.98 Å². The number of hydrogen-bond acceptors (Lipinski definition) is 4. The number of rotatable bonds is 4. The monoisotopic (exact) mass is 283 g/mol. The van der Waals surface area contributed by atoms with Crippen molar-refractivity contribution in [1.29, 1.82) is 0 Å². The fourth-order valence-electron chi connectivity index (χ4n) is 1.38. The van der Waals surface area contributed by atoms with Gasteiger partial charge in [-0.2, -0.15) is 0 Å². The van der Waals surface area contributed by atoms with Gasteiger partial charge in [-0.05, 0) is 30.3 Å². The third-order valence-corrected chi connectivity index (χ3v) is 2.75. The quantitative estimate of drug-likeness (QED) is 0.668. The highest BCUT2D eigenvalue weighted by atomic mass is 35.5. The lowest BCUT2D eigenvalue weighted by atomic mass is 10.3. The van der Waals surface area contributed by atoms with Crippen LogP contribution in [0.15, 0.2) is 36.4 Å². The minimum Gasteiger partial charge on any atom is -0.486 e. The van der Waals surface area contributed by atoms with Crippen molar-refractivity contribution in [3.8, 4) is 5.75 Å². The molecule has 0 radical (unpaired) electrons. The Morgan fingerprint density at radius 2 is 2.06 bits per heavy atom. The Morgan fingerprint density at radius 3 is 2.78 bits per heavy atom. The molecule has 0 saturated heterocycles. The average molecular weight is 284 g/mol. The standard InChI is InChI=1S/C12H11Cl2N3O/c13-8-4-5-11(10(14)6-8)18-7-9-2-1-3-12(16-9)17-15/h1-6H,7,15H2,(H,16,17). The molecule has 0 amide bonds. The molecular formula is C12H11Cl2N3O. The molecule has 1 aromatic carbocycles. The van der Waals surface area contributed by atoms with Gasteiger partial charge in [0.1, 0.15) is 18.2 Å². The van der Waals surface area contributed by atoms with E-state index in [-0.39, 0.29) is 0 Å². The highest BCUT2D eigenvalue weighted by Crippen LogP contribution is 2.28. The Balaban J connectivity index is 2.06. The van der Waals surface area contributed by atoms with Gasteiger partial charge in [-0.25, -0.2) is 10.8 Å². The van der Waals surface area contributed by atoms with Gasteiger partial charge < -0.3 is 10.2 Å². The summed E-state index contributed by atoms with van der Waals surface area (Å²) in [6.45, 7) is 0.302. The molecule has 0 saturated carbocycles. The van der Waals surface area contributed by atoms with E-state index in [0.717, 1.165) is 5.69 Å².